The molecule has 0 bridgehead atoms. The van der Waals surface area contributed by atoms with E-state index in [9.17, 15) is 9.59 Å². The molecule has 1 unspecified atom stereocenters. The lowest BCUT2D eigenvalue weighted by Gasteiger charge is -1.98. The van der Waals surface area contributed by atoms with E-state index in [1.807, 2.05) is 0 Å². The molecule has 0 aromatic heterocycles. The van der Waals surface area contributed by atoms with Gasteiger partial charge in [-0.1, -0.05) is 13.0 Å². The van der Waals surface area contributed by atoms with E-state index < -0.39 is 17.8 Å². The molecule has 0 fully saturated rings. The SMILES string of the molecule is CC(=CC(C)C([NH])=O)C(=O)O. The standard InChI is InChI=1S/C7H10NO3/c1-4(6(8)9)3-5(2)7(10)11/h3-4,8H,1-2H3,(H,10,11). The van der Waals surface area contributed by atoms with Gasteiger partial charge >= 0.3 is 5.97 Å². The first-order chi connectivity index (χ1) is 4.95. The zero-order valence-corrected chi connectivity index (χ0v) is 6.42. The molecule has 1 atom stereocenters. The van der Waals surface area contributed by atoms with Crippen molar-refractivity contribution in [3.05, 3.63) is 11.6 Å². The molecule has 2 N–H and O–H groups in total. The Balaban J connectivity index is 4.31. The Morgan fingerprint density at radius 2 is 2.00 bits per heavy atom. The highest BCUT2D eigenvalue weighted by atomic mass is 16.4. The molecule has 0 saturated carbocycles. The number of hydrogen-bond acceptors (Lipinski definition) is 2. The molecular formula is C7H10NO3. The highest BCUT2D eigenvalue weighted by molar-refractivity contribution is 5.87. The van der Waals surface area contributed by atoms with Crippen molar-refractivity contribution < 1.29 is 14.7 Å². The normalized spacial score (nSPS) is 14.2. The minimum absolute atomic E-state index is 0.0955. The van der Waals surface area contributed by atoms with Gasteiger partial charge in [-0.2, -0.15) is 0 Å². The van der Waals surface area contributed by atoms with Gasteiger partial charge in [0.05, 0.1) is 5.92 Å². The number of nitrogens with one attached hydrogen (secondary N) is 1. The third-order valence-corrected chi connectivity index (χ3v) is 1.25. The summed E-state index contributed by atoms with van der Waals surface area (Å²) in [6.07, 6.45) is 1.26. The second-order valence-electron chi connectivity index (χ2n) is 2.31. The molecule has 0 rings (SSSR count). The summed E-state index contributed by atoms with van der Waals surface area (Å²) in [5, 5.41) is 8.37. The predicted molar refractivity (Wildman–Crippen MR) is 38.7 cm³/mol. The Morgan fingerprint density at radius 3 is 2.27 bits per heavy atom. The van der Waals surface area contributed by atoms with Gasteiger partial charge in [0.15, 0.2) is 0 Å². The number of aliphatic carboxylic acids is 1. The van der Waals surface area contributed by atoms with Crippen molar-refractivity contribution in [2.45, 2.75) is 13.8 Å². The van der Waals surface area contributed by atoms with Gasteiger partial charge < -0.3 is 5.11 Å². The van der Waals surface area contributed by atoms with E-state index in [-0.39, 0.29) is 5.57 Å². The predicted octanol–water partition coefficient (Wildman–Crippen LogP) is 0.463. The average molecular weight is 156 g/mol. The zero-order chi connectivity index (χ0) is 9.02. The monoisotopic (exact) mass is 156 g/mol. The van der Waals surface area contributed by atoms with Crippen molar-refractivity contribution in [1.82, 2.24) is 5.73 Å². The quantitative estimate of drug-likeness (QED) is 0.603. The van der Waals surface area contributed by atoms with Gasteiger partial charge in [0.2, 0.25) is 5.91 Å². The van der Waals surface area contributed by atoms with Crippen LogP contribution in [0.5, 0.6) is 0 Å². The first kappa shape index (κ1) is 9.68. The second kappa shape index (κ2) is 3.75. The Hall–Kier alpha value is -1.32. The van der Waals surface area contributed by atoms with Crippen LogP contribution in [-0.2, 0) is 9.59 Å². The lowest BCUT2D eigenvalue weighted by atomic mass is 10.1. The smallest absolute Gasteiger partial charge is 0.330 e. The van der Waals surface area contributed by atoms with Crippen molar-refractivity contribution in [2.75, 3.05) is 0 Å². The number of carboxylic acids is 1. The zero-order valence-electron chi connectivity index (χ0n) is 6.42. The van der Waals surface area contributed by atoms with Crippen LogP contribution in [0.2, 0.25) is 0 Å². The van der Waals surface area contributed by atoms with Crippen molar-refractivity contribution in [3.63, 3.8) is 0 Å². The molecule has 0 saturated heterocycles. The van der Waals surface area contributed by atoms with Crippen molar-refractivity contribution in [1.29, 1.82) is 0 Å². The van der Waals surface area contributed by atoms with E-state index in [1.54, 1.807) is 0 Å². The summed E-state index contributed by atoms with van der Waals surface area (Å²) >= 11 is 0. The lowest BCUT2D eigenvalue weighted by Crippen LogP contribution is -2.10. The van der Waals surface area contributed by atoms with Gasteiger partial charge in [-0.05, 0) is 6.92 Å². The third kappa shape index (κ3) is 3.40. The van der Waals surface area contributed by atoms with Crippen molar-refractivity contribution in [3.8, 4) is 0 Å². The summed E-state index contributed by atoms with van der Waals surface area (Å²) < 4.78 is 0. The fraction of sp³-hybridized carbons (Fsp3) is 0.429. The Labute approximate surface area is 64.7 Å². The number of carboxylic acid groups (broad SMARTS) is 1. The van der Waals surface area contributed by atoms with Crippen LogP contribution < -0.4 is 5.73 Å². The minimum atomic E-state index is -1.06. The van der Waals surface area contributed by atoms with Crippen LogP contribution >= 0.6 is 0 Å². The Kier molecular flexibility index (Phi) is 3.30. The second-order valence-corrected chi connectivity index (χ2v) is 2.31. The highest BCUT2D eigenvalue weighted by Gasteiger charge is 2.08. The number of rotatable bonds is 3. The van der Waals surface area contributed by atoms with Gasteiger partial charge in [0.25, 0.3) is 0 Å². The van der Waals surface area contributed by atoms with E-state index in [0.29, 0.717) is 0 Å². The van der Waals surface area contributed by atoms with Crippen molar-refractivity contribution >= 4 is 11.9 Å². The van der Waals surface area contributed by atoms with Crippen LogP contribution in [-0.4, -0.2) is 17.0 Å². The number of carbonyl (C=O) groups excluding carboxylic acids is 1. The maximum Gasteiger partial charge on any atom is 0.330 e. The summed E-state index contributed by atoms with van der Waals surface area (Å²) in [4.78, 5) is 20.5. The average Bonchev–Trinajstić information content (AvgIpc) is 1.87. The molecular weight excluding hydrogens is 146 g/mol. The third-order valence-electron chi connectivity index (χ3n) is 1.25. The molecule has 61 valence electrons. The molecule has 11 heavy (non-hydrogen) atoms. The molecule has 0 heterocycles. The molecule has 0 aromatic rings. The summed E-state index contributed by atoms with van der Waals surface area (Å²) in [5.41, 5.74) is 6.74. The first-order valence-electron chi connectivity index (χ1n) is 3.12. The van der Waals surface area contributed by atoms with Crippen molar-refractivity contribution in [2.24, 2.45) is 5.92 Å². The molecule has 1 radical (unpaired) electrons. The summed E-state index contributed by atoms with van der Waals surface area (Å²) in [6, 6.07) is 0. The molecule has 4 nitrogen and oxygen atoms in total. The van der Waals surface area contributed by atoms with E-state index in [0.717, 1.165) is 0 Å². The number of amides is 1. The molecule has 0 spiro atoms. The molecule has 0 aliphatic heterocycles. The minimum Gasteiger partial charge on any atom is -0.478 e. The number of carbonyl (C=O) groups is 2. The summed E-state index contributed by atoms with van der Waals surface area (Å²) in [5.74, 6) is -2.46. The maximum absolute atomic E-state index is 10.3. The summed E-state index contributed by atoms with van der Waals surface area (Å²) in [7, 11) is 0. The van der Waals surface area contributed by atoms with Crippen LogP contribution in [0.1, 0.15) is 13.8 Å². The molecule has 0 aromatic carbocycles. The van der Waals surface area contributed by atoms with Crippen LogP contribution in [0.25, 0.3) is 0 Å². The lowest BCUT2D eigenvalue weighted by molar-refractivity contribution is -0.132. The van der Waals surface area contributed by atoms with Gasteiger partial charge in [-0.15, -0.1) is 0 Å². The van der Waals surface area contributed by atoms with E-state index in [4.69, 9.17) is 10.8 Å². The van der Waals surface area contributed by atoms with E-state index in [1.165, 1.54) is 19.9 Å². The summed E-state index contributed by atoms with van der Waals surface area (Å²) in [6.45, 7) is 2.88. The van der Waals surface area contributed by atoms with Gasteiger partial charge in [0, 0.05) is 5.57 Å². The van der Waals surface area contributed by atoms with E-state index in [2.05, 4.69) is 0 Å². The highest BCUT2D eigenvalue weighted by Crippen LogP contribution is 2.02. The van der Waals surface area contributed by atoms with Gasteiger partial charge in [-0.25, -0.2) is 4.79 Å². The van der Waals surface area contributed by atoms with Crippen LogP contribution in [0.15, 0.2) is 11.6 Å². The first-order valence-corrected chi connectivity index (χ1v) is 3.12. The van der Waals surface area contributed by atoms with Crippen LogP contribution in [0.4, 0.5) is 0 Å². The fourth-order valence-corrected chi connectivity index (χ4v) is 0.522. The molecule has 4 heteroatoms. The molecule has 0 aliphatic carbocycles. The molecule has 1 amide bonds. The fourth-order valence-electron chi connectivity index (χ4n) is 0.522. The van der Waals surface area contributed by atoms with Crippen LogP contribution in [0.3, 0.4) is 0 Å². The van der Waals surface area contributed by atoms with Crippen LogP contribution in [0, 0.1) is 5.92 Å². The number of hydrogen-bond donors (Lipinski definition) is 1. The van der Waals surface area contributed by atoms with E-state index >= 15 is 0 Å². The Bertz CT molecular complexity index is 208. The topological polar surface area (TPSA) is 78.2 Å². The van der Waals surface area contributed by atoms with Gasteiger partial charge in [-0.3, -0.25) is 10.5 Å². The molecule has 0 aliphatic rings. The largest absolute Gasteiger partial charge is 0.478 e. The van der Waals surface area contributed by atoms with Gasteiger partial charge in [0.1, 0.15) is 0 Å². The maximum atomic E-state index is 10.3. The Morgan fingerprint density at radius 1 is 1.55 bits per heavy atom.